The van der Waals surface area contributed by atoms with Gasteiger partial charge in [-0.3, -0.25) is 13.9 Å². The summed E-state index contributed by atoms with van der Waals surface area (Å²) in [5, 5.41) is 3.53. The first-order valence-electron chi connectivity index (χ1n) is 13.8. The Balaban J connectivity index is 1.91. The molecule has 0 aromatic heterocycles. The number of hydrogen-bond acceptors (Lipinski definition) is 5. The minimum absolute atomic E-state index is 0.0223. The van der Waals surface area contributed by atoms with E-state index in [1.807, 2.05) is 69.3 Å². The zero-order valence-corrected chi connectivity index (χ0v) is 26.4. The molecule has 2 amide bonds. The van der Waals surface area contributed by atoms with Gasteiger partial charge in [-0.05, 0) is 56.5 Å². The maximum atomic E-state index is 13.9. The van der Waals surface area contributed by atoms with E-state index in [0.29, 0.717) is 28.4 Å². The van der Waals surface area contributed by atoms with Crippen LogP contribution in [0.1, 0.15) is 44.7 Å². The highest BCUT2D eigenvalue weighted by molar-refractivity contribution is 7.92. The van der Waals surface area contributed by atoms with Gasteiger partial charge in [0.1, 0.15) is 11.8 Å². The second-order valence-corrected chi connectivity index (χ2v) is 13.5. The van der Waals surface area contributed by atoms with Gasteiger partial charge < -0.3 is 15.0 Å². The Kier molecular flexibility index (Phi) is 11.4. The molecule has 1 unspecified atom stereocenters. The predicted octanol–water partition coefficient (Wildman–Crippen LogP) is 5.45. The molecule has 1 atom stereocenters. The Morgan fingerprint density at radius 1 is 0.976 bits per heavy atom. The monoisotopic (exact) mass is 613 g/mol. The topological polar surface area (TPSA) is 96.0 Å². The Bertz CT molecular complexity index is 1460. The van der Waals surface area contributed by atoms with E-state index in [1.165, 1.54) is 11.4 Å². The first-order chi connectivity index (χ1) is 19.8. The molecule has 3 rings (SSSR count). The van der Waals surface area contributed by atoms with E-state index < -0.39 is 21.6 Å². The summed E-state index contributed by atoms with van der Waals surface area (Å²) in [5.41, 5.74) is 1.55. The lowest BCUT2D eigenvalue weighted by Gasteiger charge is -2.34. The van der Waals surface area contributed by atoms with E-state index in [0.717, 1.165) is 11.8 Å². The van der Waals surface area contributed by atoms with Gasteiger partial charge >= 0.3 is 0 Å². The van der Waals surface area contributed by atoms with Gasteiger partial charge in [0, 0.05) is 42.6 Å². The number of nitrogens with one attached hydrogen (secondary N) is 1. The van der Waals surface area contributed by atoms with Gasteiger partial charge in [-0.15, -0.1) is 0 Å². The second kappa shape index (κ2) is 14.6. The smallest absolute Gasteiger partial charge is 0.243 e. The molecule has 0 saturated heterocycles. The standard InChI is InChI=1S/C32H40ClN3O5S/c1-32(2,3)34-31(38)29(21-24-13-7-6-8-14-24)35(23-25-15-9-10-18-28(25)33)30(37)19-12-20-36(42(5,39)40)26-16-11-17-27(22-26)41-4/h6-11,13-18,22,29H,12,19-21,23H2,1-5H3,(H,34,38). The van der Waals surface area contributed by atoms with Gasteiger partial charge in [-0.2, -0.15) is 0 Å². The van der Waals surface area contributed by atoms with Crippen LogP contribution in [0.5, 0.6) is 5.75 Å². The van der Waals surface area contributed by atoms with Crippen molar-refractivity contribution < 1.29 is 22.7 Å². The van der Waals surface area contributed by atoms with E-state index >= 15 is 0 Å². The van der Waals surface area contributed by atoms with Crippen LogP contribution in [0.25, 0.3) is 0 Å². The van der Waals surface area contributed by atoms with Crippen LogP contribution >= 0.6 is 11.6 Å². The number of halogens is 1. The Labute approximate surface area is 254 Å². The van der Waals surface area contributed by atoms with Crippen molar-refractivity contribution in [2.75, 3.05) is 24.2 Å². The van der Waals surface area contributed by atoms with Crippen LogP contribution in [0.4, 0.5) is 5.69 Å². The zero-order chi connectivity index (χ0) is 30.9. The highest BCUT2D eigenvalue weighted by Crippen LogP contribution is 2.25. The van der Waals surface area contributed by atoms with Gasteiger partial charge in [0.15, 0.2) is 0 Å². The molecule has 0 bridgehead atoms. The number of hydrogen-bond donors (Lipinski definition) is 1. The highest BCUT2D eigenvalue weighted by Gasteiger charge is 2.32. The SMILES string of the molecule is COc1cccc(N(CCCC(=O)N(Cc2ccccc2Cl)C(Cc2ccccc2)C(=O)NC(C)(C)C)S(C)(=O)=O)c1. The van der Waals surface area contributed by atoms with Gasteiger partial charge in [0.25, 0.3) is 0 Å². The zero-order valence-electron chi connectivity index (χ0n) is 24.8. The number of anilines is 1. The van der Waals surface area contributed by atoms with Crippen LogP contribution < -0.4 is 14.4 Å². The number of nitrogens with zero attached hydrogens (tertiary/aromatic N) is 2. The summed E-state index contributed by atoms with van der Waals surface area (Å²) < 4.78 is 31.9. The number of amides is 2. The molecule has 0 aliphatic carbocycles. The third-order valence-corrected chi connectivity index (χ3v) is 8.12. The maximum Gasteiger partial charge on any atom is 0.243 e. The fraction of sp³-hybridized carbons (Fsp3) is 0.375. The fourth-order valence-corrected chi connectivity index (χ4v) is 5.74. The molecule has 0 aliphatic rings. The van der Waals surface area contributed by atoms with Gasteiger partial charge in [-0.25, -0.2) is 8.42 Å². The number of rotatable bonds is 13. The Morgan fingerprint density at radius 3 is 2.26 bits per heavy atom. The molecule has 1 N–H and O–H groups in total. The summed E-state index contributed by atoms with van der Waals surface area (Å²) in [5.74, 6) is -0.0309. The summed E-state index contributed by atoms with van der Waals surface area (Å²) in [6, 6.07) is 22.7. The maximum absolute atomic E-state index is 13.9. The Morgan fingerprint density at radius 2 is 1.64 bits per heavy atom. The molecule has 0 aliphatic heterocycles. The van der Waals surface area contributed by atoms with Crippen molar-refractivity contribution in [3.8, 4) is 5.75 Å². The molecule has 8 nitrogen and oxygen atoms in total. The summed E-state index contributed by atoms with van der Waals surface area (Å²) in [6.07, 6.45) is 1.69. The highest BCUT2D eigenvalue weighted by atomic mass is 35.5. The van der Waals surface area contributed by atoms with Crippen LogP contribution in [-0.4, -0.2) is 56.6 Å². The number of methoxy groups -OCH3 is 1. The number of carbonyl (C=O) groups is 2. The molecular weight excluding hydrogens is 574 g/mol. The number of benzene rings is 3. The summed E-state index contributed by atoms with van der Waals surface area (Å²) in [6.45, 7) is 5.88. The van der Waals surface area contributed by atoms with Crippen molar-refractivity contribution in [1.82, 2.24) is 10.2 Å². The van der Waals surface area contributed by atoms with Crippen molar-refractivity contribution in [2.45, 2.75) is 58.2 Å². The lowest BCUT2D eigenvalue weighted by Crippen LogP contribution is -2.54. The van der Waals surface area contributed by atoms with E-state index in [2.05, 4.69) is 5.32 Å². The number of sulfonamides is 1. The molecule has 3 aromatic carbocycles. The third-order valence-electron chi connectivity index (χ3n) is 6.56. The average molecular weight is 614 g/mol. The number of ether oxygens (including phenoxy) is 1. The van der Waals surface area contributed by atoms with Crippen molar-refractivity contribution in [3.05, 3.63) is 95.0 Å². The summed E-state index contributed by atoms with van der Waals surface area (Å²) in [4.78, 5) is 29.2. The summed E-state index contributed by atoms with van der Waals surface area (Å²) >= 11 is 6.49. The van der Waals surface area contributed by atoms with Gasteiger partial charge in [0.05, 0.1) is 19.1 Å². The van der Waals surface area contributed by atoms with Gasteiger partial charge in [0.2, 0.25) is 21.8 Å². The fourth-order valence-electron chi connectivity index (χ4n) is 4.59. The van der Waals surface area contributed by atoms with Crippen molar-refractivity contribution >= 4 is 39.1 Å². The lowest BCUT2D eigenvalue weighted by molar-refractivity contribution is -0.142. The van der Waals surface area contributed by atoms with E-state index in [1.54, 1.807) is 35.2 Å². The van der Waals surface area contributed by atoms with Gasteiger partial charge in [-0.1, -0.05) is 66.2 Å². The molecule has 0 fully saturated rings. The molecule has 3 aromatic rings. The molecule has 0 saturated carbocycles. The minimum atomic E-state index is -3.63. The van der Waals surface area contributed by atoms with Crippen LogP contribution in [0, 0.1) is 0 Å². The van der Waals surface area contributed by atoms with Crippen LogP contribution in [0.2, 0.25) is 5.02 Å². The molecule has 0 heterocycles. The van der Waals surface area contributed by atoms with Crippen molar-refractivity contribution in [1.29, 1.82) is 0 Å². The molecule has 226 valence electrons. The first-order valence-corrected chi connectivity index (χ1v) is 16.0. The van der Waals surface area contributed by atoms with E-state index in [9.17, 15) is 18.0 Å². The summed E-state index contributed by atoms with van der Waals surface area (Å²) in [7, 11) is -2.12. The molecule has 0 spiro atoms. The average Bonchev–Trinajstić information content (AvgIpc) is 2.92. The van der Waals surface area contributed by atoms with E-state index in [4.69, 9.17) is 16.3 Å². The quantitative estimate of drug-likeness (QED) is 0.277. The predicted molar refractivity (Wildman–Crippen MR) is 168 cm³/mol. The number of carbonyl (C=O) groups excluding carboxylic acids is 2. The van der Waals surface area contributed by atoms with Crippen LogP contribution in [0.15, 0.2) is 78.9 Å². The minimum Gasteiger partial charge on any atom is -0.497 e. The first kappa shape index (κ1) is 32.9. The largest absolute Gasteiger partial charge is 0.497 e. The normalized spacial score (nSPS) is 12.3. The van der Waals surface area contributed by atoms with Crippen LogP contribution in [0.3, 0.4) is 0 Å². The Hall–Kier alpha value is -3.56. The van der Waals surface area contributed by atoms with Crippen LogP contribution in [-0.2, 0) is 32.6 Å². The lowest BCUT2D eigenvalue weighted by atomic mass is 10.00. The van der Waals surface area contributed by atoms with E-state index in [-0.39, 0.29) is 37.7 Å². The molecule has 10 heteroatoms. The molecule has 42 heavy (non-hydrogen) atoms. The van der Waals surface area contributed by atoms with Crippen molar-refractivity contribution in [3.63, 3.8) is 0 Å². The van der Waals surface area contributed by atoms with Crippen molar-refractivity contribution in [2.24, 2.45) is 0 Å². The third kappa shape index (κ3) is 9.77. The second-order valence-electron chi connectivity index (χ2n) is 11.2. The molecular formula is C32H40ClN3O5S. The molecule has 0 radical (unpaired) electrons.